The fourth-order valence-corrected chi connectivity index (χ4v) is 4.46. The van der Waals surface area contributed by atoms with E-state index in [0.29, 0.717) is 12.3 Å². The van der Waals surface area contributed by atoms with E-state index in [1.165, 1.54) is 5.56 Å². The van der Waals surface area contributed by atoms with Gasteiger partial charge in [-0.1, -0.05) is 18.2 Å². The molecule has 0 bridgehead atoms. The molecule has 0 saturated carbocycles. The third kappa shape index (κ3) is 5.19. The molecule has 1 aromatic carbocycles. The summed E-state index contributed by atoms with van der Waals surface area (Å²) in [5, 5.41) is 13.7. The summed E-state index contributed by atoms with van der Waals surface area (Å²) in [6.07, 6.45) is 4.95. The minimum atomic E-state index is -0.115. The molecular formula is C22H33FN4O. The number of hydrogen-bond donors (Lipinski definition) is 1. The maximum Gasteiger partial charge on any atom is 0.126 e. The van der Waals surface area contributed by atoms with Crippen LogP contribution < -0.4 is 0 Å². The molecule has 0 amide bonds. The van der Waals surface area contributed by atoms with Crippen LogP contribution in [0.3, 0.4) is 0 Å². The van der Waals surface area contributed by atoms with E-state index in [2.05, 4.69) is 28.1 Å². The van der Waals surface area contributed by atoms with Crippen LogP contribution in [0, 0.1) is 18.7 Å². The molecule has 1 atom stereocenters. The number of nitrogens with zero attached hydrogens (tertiary/aromatic N) is 4. The summed E-state index contributed by atoms with van der Waals surface area (Å²) in [6, 6.07) is 7.41. The molecule has 1 aliphatic rings. The van der Waals surface area contributed by atoms with Crippen LogP contribution in [0.2, 0.25) is 0 Å². The maximum absolute atomic E-state index is 14.4. The van der Waals surface area contributed by atoms with Crippen molar-refractivity contribution in [2.75, 3.05) is 33.3 Å². The Bertz CT molecular complexity index is 755. The Labute approximate surface area is 167 Å². The minimum absolute atomic E-state index is 0.115. The summed E-state index contributed by atoms with van der Waals surface area (Å²) in [5.74, 6) is 0.396. The molecule has 1 fully saturated rings. The predicted octanol–water partition coefficient (Wildman–Crippen LogP) is 2.62. The summed E-state index contributed by atoms with van der Waals surface area (Å²) in [6.45, 7) is 5.81. The van der Waals surface area contributed by atoms with Gasteiger partial charge in [0.15, 0.2) is 0 Å². The van der Waals surface area contributed by atoms with Crippen molar-refractivity contribution in [1.29, 1.82) is 0 Å². The van der Waals surface area contributed by atoms with Gasteiger partial charge in [-0.2, -0.15) is 5.10 Å². The number of likely N-dealkylation sites (tertiary alicyclic amines) is 1. The molecule has 2 heterocycles. The van der Waals surface area contributed by atoms with Gasteiger partial charge < -0.3 is 10.0 Å². The van der Waals surface area contributed by atoms with Crippen LogP contribution in [0.1, 0.15) is 29.7 Å². The van der Waals surface area contributed by atoms with Crippen LogP contribution in [0.4, 0.5) is 4.39 Å². The van der Waals surface area contributed by atoms with Gasteiger partial charge >= 0.3 is 0 Å². The van der Waals surface area contributed by atoms with Crippen LogP contribution in [-0.4, -0.2) is 64.0 Å². The maximum atomic E-state index is 14.4. The first-order chi connectivity index (χ1) is 13.5. The van der Waals surface area contributed by atoms with Crippen molar-refractivity contribution in [3.8, 4) is 0 Å². The molecule has 0 aliphatic carbocycles. The molecule has 1 N–H and O–H groups in total. The zero-order valence-corrected chi connectivity index (χ0v) is 17.3. The van der Waals surface area contributed by atoms with E-state index in [-0.39, 0.29) is 18.5 Å². The number of aromatic nitrogens is 2. The van der Waals surface area contributed by atoms with Crippen molar-refractivity contribution in [3.63, 3.8) is 0 Å². The number of β-amino-alcohol motifs (C(OH)–C–C–N with tert-alkyl or cyclic N) is 1. The Morgan fingerprint density at radius 1 is 1.25 bits per heavy atom. The van der Waals surface area contributed by atoms with Gasteiger partial charge in [-0.05, 0) is 63.9 Å². The monoisotopic (exact) mass is 388 g/mol. The smallest absolute Gasteiger partial charge is 0.126 e. The molecule has 28 heavy (non-hydrogen) atoms. The van der Waals surface area contributed by atoms with Gasteiger partial charge in [-0.3, -0.25) is 9.58 Å². The lowest BCUT2D eigenvalue weighted by Gasteiger charge is -2.40. The highest BCUT2D eigenvalue weighted by Gasteiger charge is 2.30. The van der Waals surface area contributed by atoms with Gasteiger partial charge in [0.25, 0.3) is 0 Å². The lowest BCUT2D eigenvalue weighted by molar-refractivity contribution is 0.0883. The summed E-state index contributed by atoms with van der Waals surface area (Å²) in [5.41, 5.74) is 3.07. The number of rotatable bonds is 8. The van der Waals surface area contributed by atoms with E-state index in [4.69, 9.17) is 0 Å². The van der Waals surface area contributed by atoms with E-state index in [1.807, 2.05) is 30.8 Å². The van der Waals surface area contributed by atoms with Crippen molar-refractivity contribution >= 4 is 0 Å². The highest BCUT2D eigenvalue weighted by Crippen LogP contribution is 2.28. The lowest BCUT2D eigenvalue weighted by atomic mass is 9.84. The second-order valence-electron chi connectivity index (χ2n) is 8.09. The van der Waals surface area contributed by atoms with Crippen LogP contribution in [0.25, 0.3) is 0 Å². The van der Waals surface area contributed by atoms with Gasteiger partial charge in [-0.15, -0.1) is 0 Å². The lowest BCUT2D eigenvalue weighted by Crippen LogP contribution is -2.45. The average Bonchev–Trinajstić information content (AvgIpc) is 2.99. The van der Waals surface area contributed by atoms with E-state index in [1.54, 1.807) is 12.1 Å². The Morgan fingerprint density at radius 3 is 2.57 bits per heavy atom. The minimum Gasteiger partial charge on any atom is -0.395 e. The molecule has 1 aromatic heterocycles. The van der Waals surface area contributed by atoms with Crippen LogP contribution >= 0.6 is 0 Å². The van der Waals surface area contributed by atoms with Gasteiger partial charge in [0.05, 0.1) is 12.3 Å². The first kappa shape index (κ1) is 21.0. The molecule has 154 valence electrons. The zero-order valence-electron chi connectivity index (χ0n) is 17.3. The van der Waals surface area contributed by atoms with E-state index < -0.39 is 0 Å². The quantitative estimate of drug-likeness (QED) is 0.755. The van der Waals surface area contributed by atoms with Crippen LogP contribution in [0.15, 0.2) is 30.5 Å². The molecule has 1 saturated heterocycles. The number of hydrogen-bond acceptors (Lipinski definition) is 4. The molecule has 5 nitrogen and oxygen atoms in total. The fraction of sp³-hybridized carbons (Fsp3) is 0.591. The molecule has 1 aliphatic heterocycles. The first-order valence-corrected chi connectivity index (χ1v) is 10.2. The molecule has 0 radical (unpaired) electrons. The number of benzene rings is 1. The summed E-state index contributed by atoms with van der Waals surface area (Å²) in [7, 11) is 4.10. The molecule has 1 unspecified atom stereocenters. The van der Waals surface area contributed by atoms with Gasteiger partial charge in [0.1, 0.15) is 5.82 Å². The van der Waals surface area contributed by atoms with Crippen molar-refractivity contribution in [1.82, 2.24) is 19.6 Å². The third-order valence-electron chi connectivity index (χ3n) is 6.08. The largest absolute Gasteiger partial charge is 0.395 e. The molecule has 2 aromatic rings. The Kier molecular flexibility index (Phi) is 7.21. The van der Waals surface area contributed by atoms with Crippen molar-refractivity contribution < 1.29 is 9.50 Å². The zero-order chi connectivity index (χ0) is 20.1. The molecular weight excluding hydrogens is 355 g/mol. The molecule has 3 rings (SSSR count). The summed E-state index contributed by atoms with van der Waals surface area (Å²) < 4.78 is 16.2. The summed E-state index contributed by atoms with van der Waals surface area (Å²) in [4.78, 5) is 4.70. The normalized spacial score (nSPS) is 17.4. The Morgan fingerprint density at radius 2 is 1.96 bits per heavy atom. The Hall–Kier alpha value is -1.76. The number of piperidine rings is 1. The Balaban J connectivity index is 1.76. The highest BCUT2D eigenvalue weighted by molar-refractivity contribution is 5.20. The van der Waals surface area contributed by atoms with Crippen molar-refractivity contribution in [2.24, 2.45) is 13.0 Å². The van der Waals surface area contributed by atoms with Crippen molar-refractivity contribution in [2.45, 2.75) is 38.8 Å². The number of aliphatic hydroxyl groups is 1. The predicted molar refractivity (Wildman–Crippen MR) is 110 cm³/mol. The van der Waals surface area contributed by atoms with Crippen molar-refractivity contribution in [3.05, 3.63) is 53.1 Å². The van der Waals surface area contributed by atoms with Crippen LogP contribution in [0.5, 0.6) is 0 Å². The van der Waals surface area contributed by atoms with E-state index in [0.717, 1.165) is 50.3 Å². The van der Waals surface area contributed by atoms with Gasteiger partial charge in [-0.25, -0.2) is 4.39 Å². The standard InChI is InChI=1S/C22H33FN4O/c1-17-20(16-26(3)24-17)15-25(2)22(14-19-6-4-5-7-21(19)23)18-8-10-27(11-9-18)12-13-28/h4-7,16,18,22,28H,8-15H2,1-3H3. The number of likely N-dealkylation sites (N-methyl/N-ethyl adjacent to an activating group) is 1. The fourth-order valence-electron chi connectivity index (χ4n) is 4.46. The second-order valence-corrected chi connectivity index (χ2v) is 8.09. The summed E-state index contributed by atoms with van der Waals surface area (Å²) >= 11 is 0. The van der Waals surface area contributed by atoms with Crippen LogP contribution in [-0.2, 0) is 20.0 Å². The number of halogens is 1. The van der Waals surface area contributed by atoms with E-state index in [9.17, 15) is 9.50 Å². The third-order valence-corrected chi connectivity index (χ3v) is 6.08. The first-order valence-electron chi connectivity index (χ1n) is 10.2. The van der Waals surface area contributed by atoms with E-state index >= 15 is 0 Å². The number of aryl methyl sites for hydroxylation is 2. The highest BCUT2D eigenvalue weighted by atomic mass is 19.1. The second kappa shape index (κ2) is 9.63. The van der Waals surface area contributed by atoms with Gasteiger partial charge in [0, 0.05) is 37.9 Å². The SMILES string of the molecule is Cc1nn(C)cc1CN(C)C(Cc1ccccc1F)C1CCN(CCO)CC1. The number of aliphatic hydroxyl groups excluding tert-OH is 1. The topological polar surface area (TPSA) is 44.5 Å². The average molecular weight is 389 g/mol. The molecule has 6 heteroatoms. The molecule has 0 spiro atoms. The van der Waals surface area contributed by atoms with Gasteiger partial charge in [0.2, 0.25) is 0 Å².